The highest BCUT2D eigenvalue weighted by Crippen LogP contribution is 2.45. The van der Waals surface area contributed by atoms with Crippen molar-refractivity contribution in [1.82, 2.24) is 0 Å². The van der Waals surface area contributed by atoms with Gasteiger partial charge >= 0.3 is 5.97 Å². The van der Waals surface area contributed by atoms with E-state index in [9.17, 15) is 13.2 Å². The molecule has 1 aliphatic heterocycles. The monoisotopic (exact) mass is 596 g/mol. The number of hydrogen-bond acceptors (Lipinski definition) is 7. The van der Waals surface area contributed by atoms with Gasteiger partial charge < -0.3 is 18.9 Å². The third kappa shape index (κ3) is 6.56. The third-order valence-corrected chi connectivity index (χ3v) is 9.05. The fourth-order valence-electron chi connectivity index (χ4n) is 6.06. The Morgan fingerprint density at radius 2 is 1.81 bits per heavy atom. The number of halogens is 1. The topological polar surface area (TPSA) is 88.1 Å². The van der Waals surface area contributed by atoms with Gasteiger partial charge in [0.15, 0.2) is 0 Å². The summed E-state index contributed by atoms with van der Waals surface area (Å²) >= 11 is 0. The lowest BCUT2D eigenvalue weighted by Gasteiger charge is -2.19. The smallest absolute Gasteiger partial charge is 0.306 e. The van der Waals surface area contributed by atoms with Gasteiger partial charge in [-0.3, -0.25) is 4.79 Å². The van der Waals surface area contributed by atoms with Crippen molar-refractivity contribution in [3.8, 4) is 28.4 Å². The summed E-state index contributed by atoms with van der Waals surface area (Å²) in [6.45, 7) is 4.90. The molecule has 0 saturated heterocycles. The molecule has 3 aromatic rings. The van der Waals surface area contributed by atoms with Crippen LogP contribution >= 0.6 is 0 Å². The van der Waals surface area contributed by atoms with E-state index in [0.717, 1.165) is 39.1 Å². The van der Waals surface area contributed by atoms with E-state index in [0.29, 0.717) is 56.0 Å². The lowest BCUT2D eigenvalue weighted by atomic mass is 9.90. The molecule has 9 heteroatoms. The number of hydrogen-bond donors (Lipinski definition) is 0. The van der Waals surface area contributed by atoms with Gasteiger partial charge in [0.2, 0.25) is 0 Å². The van der Waals surface area contributed by atoms with Crippen molar-refractivity contribution in [2.75, 3.05) is 32.3 Å². The Morgan fingerprint density at radius 1 is 1.05 bits per heavy atom. The van der Waals surface area contributed by atoms with Crippen molar-refractivity contribution < 1.29 is 36.6 Å². The van der Waals surface area contributed by atoms with Crippen LogP contribution in [0.4, 0.5) is 4.39 Å². The van der Waals surface area contributed by atoms with Crippen LogP contribution in [0.3, 0.4) is 0 Å². The fraction of sp³-hybridized carbons (Fsp3) is 0.424. The molecule has 1 heterocycles. The number of aryl methyl sites for hydroxylation is 2. The molecule has 0 bridgehead atoms. The summed E-state index contributed by atoms with van der Waals surface area (Å²) in [4.78, 5) is 11.7. The van der Waals surface area contributed by atoms with E-state index in [1.54, 1.807) is 0 Å². The average molecular weight is 597 g/mol. The molecule has 0 saturated carbocycles. The van der Waals surface area contributed by atoms with Gasteiger partial charge in [-0.25, -0.2) is 12.8 Å². The first kappa shape index (κ1) is 29.9. The van der Waals surface area contributed by atoms with Crippen molar-refractivity contribution >= 4 is 15.8 Å². The molecular weight excluding hydrogens is 559 g/mol. The molecule has 1 unspecified atom stereocenters. The van der Waals surface area contributed by atoms with Gasteiger partial charge in [-0.15, -0.1) is 0 Å². The van der Waals surface area contributed by atoms with Crippen molar-refractivity contribution in [2.24, 2.45) is 0 Å². The highest BCUT2D eigenvalue weighted by molar-refractivity contribution is 7.90. The van der Waals surface area contributed by atoms with Crippen LogP contribution in [0.2, 0.25) is 0 Å². The maximum atomic E-state index is 15.3. The molecule has 0 N–H and O–H groups in total. The lowest BCUT2D eigenvalue weighted by Crippen LogP contribution is -2.09. The molecule has 7 nitrogen and oxygen atoms in total. The summed E-state index contributed by atoms with van der Waals surface area (Å²) in [6, 6.07) is 12.9. The Balaban J connectivity index is 1.32. The van der Waals surface area contributed by atoms with Crippen LogP contribution in [-0.2, 0) is 25.8 Å². The van der Waals surface area contributed by atoms with Crippen molar-refractivity contribution in [1.29, 1.82) is 0 Å². The van der Waals surface area contributed by atoms with Crippen molar-refractivity contribution in [3.63, 3.8) is 0 Å². The second-order valence-corrected chi connectivity index (χ2v) is 13.5. The molecule has 0 aromatic heterocycles. The molecule has 1 aliphatic carbocycles. The van der Waals surface area contributed by atoms with Crippen molar-refractivity contribution in [3.05, 3.63) is 76.1 Å². The second kappa shape index (κ2) is 12.3. The number of esters is 1. The van der Waals surface area contributed by atoms with Crippen LogP contribution < -0.4 is 14.2 Å². The average Bonchev–Trinajstić information content (AvgIpc) is 3.53. The standard InChI is InChI=1S/C33H37FO7S/c1-20-15-24(39-13-5-6-14-42(4,36)37)16-21(2)32(20)26-9-11-28(34)33-27(26)10-12-29(33)41-23-7-8-25-22(17-31(35)38-3)19-40-30(25)18-23/h7-9,11,15-16,18,22,29H,5-6,10,12-14,17,19H2,1-4H3/t22?,29-/m1/s1. The van der Waals surface area contributed by atoms with E-state index in [2.05, 4.69) is 0 Å². The van der Waals surface area contributed by atoms with Crippen LogP contribution in [0.1, 0.15) is 65.5 Å². The summed E-state index contributed by atoms with van der Waals surface area (Å²) in [5, 5.41) is 0. The van der Waals surface area contributed by atoms with Crippen molar-refractivity contribution in [2.45, 2.75) is 58.0 Å². The first-order valence-electron chi connectivity index (χ1n) is 14.3. The largest absolute Gasteiger partial charge is 0.494 e. The summed E-state index contributed by atoms with van der Waals surface area (Å²) in [5.41, 5.74) is 6.58. The van der Waals surface area contributed by atoms with Gasteiger partial charge in [-0.05, 0) is 91.6 Å². The third-order valence-electron chi connectivity index (χ3n) is 8.02. The minimum Gasteiger partial charge on any atom is -0.494 e. The molecule has 5 rings (SSSR count). The van der Waals surface area contributed by atoms with Gasteiger partial charge in [0.05, 0.1) is 32.5 Å². The Morgan fingerprint density at radius 3 is 2.52 bits per heavy atom. The molecule has 2 atom stereocenters. The zero-order chi connectivity index (χ0) is 30.0. The normalized spacial score (nSPS) is 17.4. The Labute approximate surface area is 246 Å². The van der Waals surface area contributed by atoms with Crippen LogP contribution in [0.5, 0.6) is 17.2 Å². The number of unbranched alkanes of at least 4 members (excludes halogenated alkanes) is 1. The Kier molecular flexibility index (Phi) is 8.78. The lowest BCUT2D eigenvalue weighted by molar-refractivity contribution is -0.141. The number of sulfone groups is 1. The summed E-state index contributed by atoms with van der Waals surface area (Å²) in [6.07, 6.45) is 3.63. The highest BCUT2D eigenvalue weighted by Gasteiger charge is 2.32. The number of benzene rings is 3. The molecule has 0 amide bonds. The predicted molar refractivity (Wildman–Crippen MR) is 159 cm³/mol. The van der Waals surface area contributed by atoms with Gasteiger partial charge in [0, 0.05) is 29.4 Å². The molecule has 224 valence electrons. The summed E-state index contributed by atoms with van der Waals surface area (Å²) in [7, 11) is -1.59. The molecule has 0 radical (unpaired) electrons. The number of fused-ring (bicyclic) bond motifs is 2. The van der Waals surface area contributed by atoms with Gasteiger partial charge in [0.1, 0.15) is 39.0 Å². The zero-order valence-electron chi connectivity index (χ0n) is 24.5. The number of carbonyl (C=O) groups excluding carboxylic acids is 1. The number of ether oxygens (including phenoxy) is 4. The first-order chi connectivity index (χ1) is 20.0. The molecule has 2 aliphatic rings. The number of carbonyl (C=O) groups is 1. The summed E-state index contributed by atoms with van der Waals surface area (Å²) in [5.74, 6) is 1.55. The maximum Gasteiger partial charge on any atom is 0.306 e. The SMILES string of the molecule is COC(=O)CC1COc2cc(O[C@@H]3CCc4c(-c5c(C)cc(OCCCCS(C)(=O)=O)cc5C)ccc(F)c43)ccc21. The summed E-state index contributed by atoms with van der Waals surface area (Å²) < 4.78 is 60.9. The second-order valence-electron chi connectivity index (χ2n) is 11.2. The minimum absolute atomic E-state index is 0.0585. The zero-order valence-corrected chi connectivity index (χ0v) is 25.3. The maximum absolute atomic E-state index is 15.3. The Hall–Kier alpha value is -3.59. The van der Waals surface area contributed by atoms with Gasteiger partial charge in [0.25, 0.3) is 0 Å². The molecule has 0 spiro atoms. The Bertz CT molecular complexity index is 1580. The van der Waals surface area contributed by atoms with Crippen LogP contribution in [0.15, 0.2) is 42.5 Å². The molecule has 42 heavy (non-hydrogen) atoms. The van der Waals surface area contributed by atoms with E-state index in [4.69, 9.17) is 18.9 Å². The van der Waals surface area contributed by atoms with E-state index in [1.165, 1.54) is 19.4 Å². The van der Waals surface area contributed by atoms with E-state index >= 15 is 4.39 Å². The van der Waals surface area contributed by atoms with Crippen LogP contribution in [-0.4, -0.2) is 46.7 Å². The van der Waals surface area contributed by atoms with Crippen LogP contribution in [0, 0.1) is 19.7 Å². The fourth-order valence-corrected chi connectivity index (χ4v) is 6.79. The van der Waals surface area contributed by atoms with Crippen LogP contribution in [0.25, 0.3) is 11.1 Å². The quantitative estimate of drug-likeness (QED) is 0.187. The number of methoxy groups -OCH3 is 1. The molecular formula is C33H37FO7S. The van der Waals surface area contributed by atoms with E-state index < -0.39 is 15.9 Å². The molecule has 0 fully saturated rings. The van der Waals surface area contributed by atoms with Gasteiger partial charge in [-0.1, -0.05) is 12.1 Å². The minimum atomic E-state index is -2.97. The molecule has 3 aromatic carbocycles. The van der Waals surface area contributed by atoms with E-state index in [1.807, 2.05) is 50.2 Å². The van der Waals surface area contributed by atoms with E-state index in [-0.39, 0.29) is 29.9 Å². The highest BCUT2D eigenvalue weighted by atomic mass is 32.2. The van der Waals surface area contributed by atoms with Gasteiger partial charge in [-0.2, -0.15) is 0 Å². The number of rotatable bonds is 11. The first-order valence-corrected chi connectivity index (χ1v) is 16.3. The predicted octanol–water partition coefficient (Wildman–Crippen LogP) is 6.42.